The van der Waals surface area contributed by atoms with Gasteiger partial charge in [-0.25, -0.2) is 0 Å². The van der Waals surface area contributed by atoms with Gasteiger partial charge in [0.05, 0.1) is 26.4 Å². The van der Waals surface area contributed by atoms with Gasteiger partial charge in [-0.3, -0.25) is 0 Å². The summed E-state index contributed by atoms with van der Waals surface area (Å²) in [6.07, 6.45) is 26.9. The van der Waals surface area contributed by atoms with Crippen LogP contribution < -0.4 is 0 Å². The molecular weight excluding hydrogens is 1230 g/mol. The highest BCUT2D eigenvalue weighted by Gasteiger charge is 1.83. The molecule has 0 unspecified atom stereocenters. The van der Waals surface area contributed by atoms with Crippen LogP contribution in [0.2, 0.25) is 0 Å². The first-order valence-corrected chi connectivity index (χ1v) is 38.1. The second kappa shape index (κ2) is 178. The second-order valence-corrected chi connectivity index (χ2v) is 21.4. The first-order chi connectivity index (χ1) is 37.0. The number of methoxy groups -OCH3 is 6. The van der Waals surface area contributed by atoms with Crippen LogP contribution in [0.5, 0.6) is 0 Å². The Labute approximate surface area is 537 Å². The topological polar surface area (TPSA) is 197 Å². The molecule has 0 heterocycles. The molecule has 0 aromatic heterocycles. The largest absolute Gasteiger partial charge is 0.400 e. The van der Waals surface area contributed by atoms with Crippen LogP contribution in [0.15, 0.2) is 0 Å². The summed E-state index contributed by atoms with van der Waals surface area (Å²) in [5.41, 5.74) is 0. The van der Waals surface area contributed by atoms with Crippen molar-refractivity contribution in [3.63, 3.8) is 0 Å². The van der Waals surface area contributed by atoms with Gasteiger partial charge in [0.2, 0.25) is 0 Å². The lowest BCUT2D eigenvalue weighted by Gasteiger charge is -1.92. The number of hydrogen-bond donors (Lipinski definition) is 14. The van der Waals surface area contributed by atoms with Crippen LogP contribution >= 0.6 is 159 Å². The fraction of sp³-hybridized carbons (Fsp3) is 1.00. The Morgan fingerprint density at radius 2 is 0.539 bits per heavy atom. The van der Waals surface area contributed by atoms with Gasteiger partial charge in [-0.1, -0.05) is 0 Å². The number of thiol groups is 7. The molecular formula is C50H128O13S13. The van der Waals surface area contributed by atoms with Gasteiger partial charge in [-0.05, 0) is 173 Å². The molecule has 0 spiro atoms. The molecule has 76 heavy (non-hydrogen) atoms. The van der Waals surface area contributed by atoms with Crippen LogP contribution in [0, 0.1) is 0 Å². The van der Waals surface area contributed by atoms with Crippen LogP contribution in [0.3, 0.4) is 0 Å². The molecule has 7 N–H and O–H groups in total. The Balaban J connectivity index is -0.0000000458. The summed E-state index contributed by atoms with van der Waals surface area (Å²) in [5, 5.41) is 55.8. The van der Waals surface area contributed by atoms with Crippen molar-refractivity contribution in [2.75, 3.05) is 242 Å². The van der Waals surface area contributed by atoms with E-state index in [0.29, 0.717) is 33.0 Å². The molecule has 13 nitrogen and oxygen atoms in total. The Morgan fingerprint density at radius 3 is 0.724 bits per heavy atom. The monoisotopic (exact) mass is 1350 g/mol. The molecule has 0 aromatic rings. The fourth-order valence-corrected chi connectivity index (χ4v) is 6.51. The number of unbranched alkanes of at least 4 members (excludes halogenated alkanes) is 4. The maximum atomic E-state index is 8.28. The summed E-state index contributed by atoms with van der Waals surface area (Å²) in [5.74, 6) is 12.6. The van der Waals surface area contributed by atoms with Gasteiger partial charge in [0.1, 0.15) is 0 Å². The molecule has 0 fully saturated rings. The van der Waals surface area contributed by atoms with Crippen LogP contribution in [0.4, 0.5) is 0 Å². The lowest BCUT2D eigenvalue weighted by atomic mass is 10.3. The van der Waals surface area contributed by atoms with Gasteiger partial charge in [-0.2, -0.15) is 159 Å². The quantitative estimate of drug-likeness (QED) is 0.0209. The lowest BCUT2D eigenvalue weighted by molar-refractivity contribution is 0.135. The first-order valence-electron chi connectivity index (χ1n) is 25.1. The van der Waals surface area contributed by atoms with E-state index in [-0.39, 0.29) is 19.8 Å². The highest BCUT2D eigenvalue weighted by Crippen LogP contribution is 1.99. The van der Waals surface area contributed by atoms with Crippen LogP contribution in [0.25, 0.3) is 0 Å². The van der Waals surface area contributed by atoms with Crippen molar-refractivity contribution >= 4 is 159 Å². The average Bonchev–Trinajstić information content (AvgIpc) is 3.45. The van der Waals surface area contributed by atoms with E-state index in [0.717, 1.165) is 137 Å². The number of thioether (sulfide) groups is 6. The highest BCUT2D eigenvalue weighted by molar-refractivity contribution is 7.99. The van der Waals surface area contributed by atoms with E-state index >= 15 is 0 Å². The number of rotatable bonds is 36. The Bertz CT molecular complexity index is 497. The molecule has 26 heteroatoms. The zero-order valence-corrected chi connectivity index (χ0v) is 61.8. The van der Waals surface area contributed by atoms with Gasteiger partial charge in [0, 0.05) is 120 Å². The van der Waals surface area contributed by atoms with E-state index in [2.05, 4.69) is 128 Å². The van der Waals surface area contributed by atoms with Gasteiger partial charge in [-0.15, -0.1) is 0 Å². The van der Waals surface area contributed by atoms with Crippen LogP contribution in [0.1, 0.15) is 77.0 Å². The summed E-state index contributed by atoms with van der Waals surface area (Å²) >= 11 is 38.4. The summed E-state index contributed by atoms with van der Waals surface area (Å²) in [4.78, 5) is 0. The molecule has 0 aliphatic carbocycles. The maximum absolute atomic E-state index is 8.28. The van der Waals surface area contributed by atoms with Crippen molar-refractivity contribution < 1.29 is 64.2 Å². The van der Waals surface area contributed by atoms with Crippen molar-refractivity contribution in [1.82, 2.24) is 0 Å². The first kappa shape index (κ1) is 115. The molecule has 0 atom stereocenters. The molecule has 0 aliphatic rings. The fourth-order valence-electron chi connectivity index (χ4n) is 2.63. The number of aliphatic hydroxyl groups excluding tert-OH is 7. The summed E-state index contributed by atoms with van der Waals surface area (Å²) in [6, 6.07) is 0. The van der Waals surface area contributed by atoms with E-state index in [9.17, 15) is 0 Å². The van der Waals surface area contributed by atoms with Gasteiger partial charge >= 0.3 is 0 Å². The molecule has 0 amide bonds. The molecule has 0 rings (SSSR count). The second-order valence-electron chi connectivity index (χ2n) is 12.8. The van der Waals surface area contributed by atoms with Gasteiger partial charge < -0.3 is 64.2 Å². The van der Waals surface area contributed by atoms with E-state index in [1.807, 2.05) is 59.6 Å². The zero-order chi connectivity index (χ0) is 61.9. The highest BCUT2D eigenvalue weighted by atomic mass is 32.2. The Morgan fingerprint density at radius 1 is 0.250 bits per heavy atom. The van der Waals surface area contributed by atoms with Crippen LogP contribution in [-0.4, -0.2) is 278 Å². The van der Waals surface area contributed by atoms with E-state index < -0.39 is 0 Å². The lowest BCUT2D eigenvalue weighted by Crippen LogP contribution is -1.91. The van der Waals surface area contributed by atoms with Crippen molar-refractivity contribution in [2.24, 2.45) is 0 Å². The normalized spacial score (nSPS) is 8.68. The molecule has 0 saturated carbocycles. The molecule has 0 radical (unpaired) electrons. The van der Waals surface area contributed by atoms with Gasteiger partial charge in [0.25, 0.3) is 0 Å². The Kier molecular flexibility index (Phi) is 268. The number of aliphatic hydroxyl groups is 7. The van der Waals surface area contributed by atoms with E-state index in [1.54, 1.807) is 72.4 Å². The zero-order valence-electron chi connectivity index (χ0n) is 50.6. The number of hydrogen-bond acceptors (Lipinski definition) is 26. The predicted octanol–water partition coefficient (Wildman–Crippen LogP) is 10.3. The van der Waals surface area contributed by atoms with Crippen molar-refractivity contribution in [1.29, 1.82) is 0 Å². The standard InChI is InChI=1S/C5H12O2.2C5H12OS.C5H12S2.C4H10O2.2C4H10OS.C4H10S2.C3H8O2.2C3H8OS.C3H8S2.CH4O.CH4S/c2*1-7-5-3-2-4-6;1-6-4-2-3-5-7;1-7-5-3-2-4-6;2*1-6-4-2-3-5;1-5-3-2-4-6;1-6-4-2-3-5;2*1-5-3-2-4;1-4-2-3-5;1-5-3-2-4;2*1-2/h2*6H,2-5H2,1H3;7H,2-5H2,1H3;6H,2-5H2,1H3;2*5H,2-4H2,1H3;6H,2-4H2,1H3;5H,2-4H2,1H3;2*4H,2-3H2,1H3;5H,2-3H2,1H3;4H,2-3H2,1H3;2*2H,1H3. The minimum atomic E-state index is 0.122. The molecule has 0 bridgehead atoms. The number of ether oxygens (including phenoxy) is 6. The van der Waals surface area contributed by atoms with Crippen LogP contribution in [-0.2, 0) is 28.4 Å². The minimum Gasteiger partial charge on any atom is -0.400 e. The third kappa shape index (κ3) is 289. The average molecular weight is 1350 g/mol. The van der Waals surface area contributed by atoms with Crippen molar-refractivity contribution in [3.05, 3.63) is 0 Å². The van der Waals surface area contributed by atoms with Crippen molar-refractivity contribution in [2.45, 2.75) is 77.0 Å². The summed E-state index contributed by atoms with van der Waals surface area (Å²) in [7, 11) is 10.9. The maximum Gasteiger partial charge on any atom is 0.0693 e. The third-order valence-electron chi connectivity index (χ3n) is 6.23. The minimum absolute atomic E-state index is 0.122. The predicted molar refractivity (Wildman–Crippen MR) is 386 cm³/mol. The summed E-state index contributed by atoms with van der Waals surface area (Å²) < 4.78 is 28.0. The Hall–Kier alpha value is 4.03. The smallest absolute Gasteiger partial charge is 0.0693 e. The van der Waals surface area contributed by atoms with E-state index in [1.165, 1.54) is 42.3 Å². The SMILES string of the molecule is CO.COCCCCO.COCCCCS.COCCCO.COCCCS.COCCO.COCCS.CS.CSCCCCO.CSCCCCS.CSCCCO.CSCCCS.CSCCO.CSCCS. The summed E-state index contributed by atoms with van der Waals surface area (Å²) in [6.45, 7) is 5.96. The van der Waals surface area contributed by atoms with Gasteiger partial charge in [0.15, 0.2) is 0 Å². The molecule has 484 valence electrons. The third-order valence-corrected chi connectivity index (χ3v) is 12.2. The molecule has 0 aliphatic heterocycles. The van der Waals surface area contributed by atoms with Crippen molar-refractivity contribution in [3.8, 4) is 0 Å². The van der Waals surface area contributed by atoms with E-state index in [4.69, 9.17) is 50.0 Å². The molecule has 0 aromatic carbocycles. The molecule has 0 saturated heterocycles.